The van der Waals surface area contributed by atoms with Gasteiger partial charge in [0.2, 0.25) is 5.91 Å². The van der Waals surface area contributed by atoms with Gasteiger partial charge < -0.3 is 5.32 Å². The molecule has 18 heavy (non-hydrogen) atoms. The van der Waals surface area contributed by atoms with Crippen LogP contribution in [0.25, 0.3) is 0 Å². The number of thioether (sulfide) groups is 1. The van der Waals surface area contributed by atoms with Crippen LogP contribution in [0, 0.1) is 0 Å². The van der Waals surface area contributed by atoms with E-state index >= 15 is 0 Å². The Balaban J connectivity index is 2.67. The average molecular weight is 330 g/mol. The summed E-state index contributed by atoms with van der Waals surface area (Å²) in [5.41, 5.74) is 0.651. The minimum absolute atomic E-state index is 0.000675. The lowest BCUT2D eigenvalue weighted by Crippen LogP contribution is -2.25. The van der Waals surface area contributed by atoms with E-state index in [1.54, 1.807) is 6.07 Å². The summed E-state index contributed by atoms with van der Waals surface area (Å²) >= 11 is 4.73. The third-order valence-electron chi connectivity index (χ3n) is 2.25. The third kappa shape index (κ3) is 4.82. The van der Waals surface area contributed by atoms with Gasteiger partial charge in [0.15, 0.2) is 5.78 Å². The zero-order valence-electron chi connectivity index (χ0n) is 10.5. The van der Waals surface area contributed by atoms with Crippen LogP contribution >= 0.6 is 27.7 Å². The molecule has 0 aliphatic heterocycles. The molecule has 0 spiro atoms. The molecule has 0 fully saturated rings. The number of rotatable bonds is 6. The van der Waals surface area contributed by atoms with Crippen molar-refractivity contribution in [3.8, 4) is 0 Å². The number of benzene rings is 1. The van der Waals surface area contributed by atoms with E-state index in [4.69, 9.17) is 0 Å². The van der Waals surface area contributed by atoms with Crippen molar-refractivity contribution in [2.75, 3.05) is 12.3 Å². The fourth-order valence-electron chi connectivity index (χ4n) is 1.36. The van der Waals surface area contributed by atoms with Crippen LogP contribution in [0.4, 0.5) is 0 Å². The monoisotopic (exact) mass is 329 g/mol. The van der Waals surface area contributed by atoms with Crippen LogP contribution in [-0.2, 0) is 4.79 Å². The smallest absolute Gasteiger partial charge is 0.230 e. The van der Waals surface area contributed by atoms with Gasteiger partial charge in [-0.25, -0.2) is 0 Å². The van der Waals surface area contributed by atoms with Gasteiger partial charge in [0.05, 0.1) is 5.75 Å². The van der Waals surface area contributed by atoms with Gasteiger partial charge in [0, 0.05) is 21.5 Å². The van der Waals surface area contributed by atoms with Gasteiger partial charge in [-0.15, -0.1) is 11.8 Å². The predicted octanol–water partition coefficient (Wildman–Crippen LogP) is 3.27. The molecule has 3 nitrogen and oxygen atoms in total. The molecular formula is C13H16BrNO2S. The maximum atomic E-state index is 11.5. The second-order valence-electron chi connectivity index (χ2n) is 3.84. The zero-order chi connectivity index (χ0) is 13.5. The Morgan fingerprint density at radius 3 is 2.72 bits per heavy atom. The Hall–Kier alpha value is -0.810. The first-order valence-electron chi connectivity index (χ1n) is 5.74. The van der Waals surface area contributed by atoms with Crippen LogP contribution in [0.15, 0.2) is 27.6 Å². The van der Waals surface area contributed by atoms with Crippen LogP contribution < -0.4 is 5.32 Å². The minimum Gasteiger partial charge on any atom is -0.355 e. The quantitative estimate of drug-likeness (QED) is 0.643. The molecule has 0 bridgehead atoms. The molecule has 0 aliphatic carbocycles. The van der Waals surface area contributed by atoms with Gasteiger partial charge in [-0.05, 0) is 31.5 Å². The molecule has 0 aromatic heterocycles. The van der Waals surface area contributed by atoms with Gasteiger partial charge in [-0.2, -0.15) is 0 Å². The standard InChI is InChI=1S/C13H16BrNO2S/c1-3-6-15-13(17)8-18-12-5-4-10(14)7-11(12)9(2)16/h4-5,7H,3,6,8H2,1-2H3,(H,15,17). The normalized spacial score (nSPS) is 10.2. The van der Waals surface area contributed by atoms with Crippen LogP contribution in [0.1, 0.15) is 30.6 Å². The lowest BCUT2D eigenvalue weighted by molar-refractivity contribution is -0.118. The number of hydrogen-bond donors (Lipinski definition) is 1. The van der Waals surface area contributed by atoms with Crippen molar-refractivity contribution in [2.24, 2.45) is 0 Å². The largest absolute Gasteiger partial charge is 0.355 e. The summed E-state index contributed by atoms with van der Waals surface area (Å²) in [7, 11) is 0. The number of halogens is 1. The summed E-state index contributed by atoms with van der Waals surface area (Å²) in [6, 6.07) is 5.52. The second kappa shape index (κ2) is 7.59. The third-order valence-corrected chi connectivity index (χ3v) is 3.82. The SMILES string of the molecule is CCCNC(=O)CSc1ccc(Br)cc1C(C)=O. The number of ketones is 1. The average Bonchev–Trinajstić information content (AvgIpc) is 2.34. The highest BCUT2D eigenvalue weighted by Crippen LogP contribution is 2.26. The number of carbonyl (C=O) groups excluding carboxylic acids is 2. The molecule has 5 heteroatoms. The Morgan fingerprint density at radius 2 is 2.11 bits per heavy atom. The van der Waals surface area contributed by atoms with Gasteiger partial charge in [-0.1, -0.05) is 22.9 Å². The second-order valence-corrected chi connectivity index (χ2v) is 5.77. The Kier molecular flexibility index (Phi) is 6.43. The molecule has 1 rings (SSSR count). The molecule has 1 aromatic rings. The van der Waals surface area contributed by atoms with Crippen LogP contribution in [0.3, 0.4) is 0 Å². The first-order chi connectivity index (χ1) is 8.54. The maximum Gasteiger partial charge on any atom is 0.230 e. The Bertz CT molecular complexity index is 449. The van der Waals surface area contributed by atoms with Crippen molar-refractivity contribution in [1.82, 2.24) is 5.32 Å². The van der Waals surface area contributed by atoms with Crippen LogP contribution in [-0.4, -0.2) is 24.0 Å². The van der Waals surface area contributed by atoms with Crippen LogP contribution in [0.2, 0.25) is 0 Å². The van der Waals surface area contributed by atoms with E-state index in [-0.39, 0.29) is 11.7 Å². The summed E-state index contributed by atoms with van der Waals surface area (Å²) in [4.78, 5) is 23.8. The number of Topliss-reactive ketones (excluding diaryl/α,β-unsaturated/α-hetero) is 1. The summed E-state index contributed by atoms with van der Waals surface area (Å²) in [5.74, 6) is 0.342. The van der Waals surface area contributed by atoms with Crippen molar-refractivity contribution < 1.29 is 9.59 Å². The molecule has 98 valence electrons. The molecule has 0 aliphatic rings. The van der Waals surface area contributed by atoms with Crippen molar-refractivity contribution in [1.29, 1.82) is 0 Å². The van der Waals surface area contributed by atoms with Gasteiger partial charge >= 0.3 is 0 Å². The lowest BCUT2D eigenvalue weighted by atomic mass is 10.1. The first kappa shape index (κ1) is 15.2. The van der Waals surface area contributed by atoms with Crippen LogP contribution in [0.5, 0.6) is 0 Å². The molecule has 0 atom stereocenters. The van der Waals surface area contributed by atoms with Gasteiger partial charge in [0.1, 0.15) is 0 Å². The molecule has 1 aromatic carbocycles. The summed E-state index contributed by atoms with van der Waals surface area (Å²) in [6.07, 6.45) is 0.924. The molecule has 0 unspecified atom stereocenters. The molecule has 1 amide bonds. The highest BCUT2D eigenvalue weighted by Gasteiger charge is 2.10. The predicted molar refractivity (Wildman–Crippen MR) is 78.2 cm³/mol. The van der Waals surface area contributed by atoms with Crippen molar-refractivity contribution in [3.63, 3.8) is 0 Å². The van der Waals surface area contributed by atoms with Gasteiger partial charge in [0.25, 0.3) is 0 Å². The summed E-state index contributed by atoms with van der Waals surface area (Å²) in [5, 5.41) is 2.81. The topological polar surface area (TPSA) is 46.2 Å². The first-order valence-corrected chi connectivity index (χ1v) is 7.52. The van der Waals surface area contributed by atoms with Crippen molar-refractivity contribution >= 4 is 39.4 Å². The number of amides is 1. The van der Waals surface area contributed by atoms with E-state index in [2.05, 4.69) is 21.2 Å². The van der Waals surface area contributed by atoms with Crippen molar-refractivity contribution in [2.45, 2.75) is 25.2 Å². The van der Waals surface area contributed by atoms with E-state index in [0.29, 0.717) is 17.9 Å². The molecule has 1 N–H and O–H groups in total. The lowest BCUT2D eigenvalue weighted by Gasteiger charge is -2.07. The minimum atomic E-state index is -0.000675. The fourth-order valence-corrected chi connectivity index (χ4v) is 2.63. The number of nitrogens with one attached hydrogen (secondary N) is 1. The van der Waals surface area contributed by atoms with E-state index in [0.717, 1.165) is 15.8 Å². The maximum absolute atomic E-state index is 11.5. The van der Waals surface area contributed by atoms with Gasteiger partial charge in [-0.3, -0.25) is 9.59 Å². The highest BCUT2D eigenvalue weighted by atomic mass is 79.9. The Morgan fingerprint density at radius 1 is 1.39 bits per heavy atom. The molecular weight excluding hydrogens is 314 g/mol. The summed E-state index contributed by atoms with van der Waals surface area (Å²) < 4.78 is 0.868. The van der Waals surface area contributed by atoms with Crippen molar-refractivity contribution in [3.05, 3.63) is 28.2 Å². The van der Waals surface area contributed by atoms with E-state index in [9.17, 15) is 9.59 Å². The summed E-state index contributed by atoms with van der Waals surface area (Å²) in [6.45, 7) is 4.23. The zero-order valence-corrected chi connectivity index (χ0v) is 12.9. The Labute approximate surface area is 120 Å². The fraction of sp³-hybridized carbons (Fsp3) is 0.385. The van der Waals surface area contributed by atoms with E-state index < -0.39 is 0 Å². The molecule has 0 heterocycles. The van der Waals surface area contributed by atoms with E-state index in [1.807, 2.05) is 19.1 Å². The number of hydrogen-bond acceptors (Lipinski definition) is 3. The number of carbonyl (C=O) groups is 2. The highest BCUT2D eigenvalue weighted by molar-refractivity contribution is 9.10. The van der Waals surface area contributed by atoms with E-state index in [1.165, 1.54) is 18.7 Å². The molecule has 0 saturated carbocycles. The molecule has 0 radical (unpaired) electrons. The molecule has 0 saturated heterocycles.